The topological polar surface area (TPSA) is 82.2 Å². The zero-order chi connectivity index (χ0) is 18.5. The van der Waals surface area contributed by atoms with Crippen molar-refractivity contribution in [2.75, 3.05) is 6.61 Å². The molecule has 3 aromatic rings. The second-order valence-electron chi connectivity index (χ2n) is 6.02. The third-order valence-electron chi connectivity index (χ3n) is 4.05. The maximum absolute atomic E-state index is 12.3. The number of aromatic nitrogens is 3. The van der Waals surface area contributed by atoms with Crippen LogP contribution < -0.4 is 5.32 Å². The highest BCUT2D eigenvalue weighted by atomic mass is 16.5. The molecule has 7 nitrogen and oxygen atoms in total. The van der Waals surface area contributed by atoms with Gasteiger partial charge in [-0.15, -0.1) is 0 Å². The maximum atomic E-state index is 12.3. The molecule has 0 radical (unpaired) electrons. The number of ether oxygens (including phenoxy) is 1. The second-order valence-corrected chi connectivity index (χ2v) is 6.02. The number of carbonyl (C=O) groups excluding carboxylic acids is 1. The van der Waals surface area contributed by atoms with E-state index in [2.05, 4.69) is 27.7 Å². The van der Waals surface area contributed by atoms with Crippen molar-refractivity contribution in [3.63, 3.8) is 0 Å². The van der Waals surface area contributed by atoms with Crippen molar-refractivity contribution in [3.05, 3.63) is 64.8 Å². The summed E-state index contributed by atoms with van der Waals surface area (Å²) in [4.78, 5) is 12.3. The molecule has 2 aromatic heterocycles. The van der Waals surface area contributed by atoms with Gasteiger partial charge in [-0.05, 0) is 38.0 Å². The van der Waals surface area contributed by atoms with Gasteiger partial charge in [0.15, 0.2) is 0 Å². The predicted octanol–water partition coefficient (Wildman–Crippen LogP) is 2.94. The van der Waals surface area contributed by atoms with Crippen molar-refractivity contribution >= 4 is 5.97 Å². The van der Waals surface area contributed by atoms with E-state index in [0.29, 0.717) is 25.3 Å². The summed E-state index contributed by atoms with van der Waals surface area (Å²) in [5.41, 5.74) is 5.15. The van der Waals surface area contributed by atoms with Crippen molar-refractivity contribution < 1.29 is 14.1 Å². The summed E-state index contributed by atoms with van der Waals surface area (Å²) in [6.45, 7) is 7.12. The van der Waals surface area contributed by atoms with Gasteiger partial charge in [-0.1, -0.05) is 17.3 Å². The lowest BCUT2D eigenvalue weighted by Crippen LogP contribution is -2.19. The molecule has 2 heterocycles. The highest BCUT2D eigenvalue weighted by Crippen LogP contribution is 2.20. The summed E-state index contributed by atoms with van der Waals surface area (Å²) in [7, 11) is 0. The molecule has 3 rings (SSSR count). The van der Waals surface area contributed by atoms with Gasteiger partial charge in [0, 0.05) is 19.2 Å². The Hall–Kier alpha value is -2.93. The lowest BCUT2D eigenvalue weighted by Gasteiger charge is -2.13. The smallest absolute Gasteiger partial charge is 0.341 e. The highest BCUT2D eigenvalue weighted by Gasteiger charge is 2.20. The van der Waals surface area contributed by atoms with Gasteiger partial charge in [0.2, 0.25) is 0 Å². The third-order valence-corrected chi connectivity index (χ3v) is 4.05. The van der Waals surface area contributed by atoms with Gasteiger partial charge in [-0.2, -0.15) is 5.10 Å². The summed E-state index contributed by atoms with van der Waals surface area (Å²) in [6.07, 6.45) is 3.09. The number of aryl methyl sites for hydroxylation is 2. The first-order valence-corrected chi connectivity index (χ1v) is 8.51. The van der Waals surface area contributed by atoms with Gasteiger partial charge < -0.3 is 14.6 Å². The molecule has 0 spiro atoms. The molecule has 0 bridgehead atoms. The number of hydrogen-bond donors (Lipinski definition) is 1. The predicted molar refractivity (Wildman–Crippen MR) is 96.0 cm³/mol. The SMILES string of the molecule is CCOC(=O)c1cnn(-c2cc(C)ccc2C)c1CNCc1ccon1. The highest BCUT2D eigenvalue weighted by molar-refractivity contribution is 5.90. The van der Waals surface area contributed by atoms with Crippen LogP contribution in [0.25, 0.3) is 5.69 Å². The fourth-order valence-electron chi connectivity index (χ4n) is 2.72. The number of hydrogen-bond acceptors (Lipinski definition) is 6. The Morgan fingerprint density at radius 1 is 1.27 bits per heavy atom. The standard InChI is InChI=1S/C19H22N4O3/c1-4-25-19(24)16-11-21-23(17-9-13(2)5-6-14(17)3)18(16)12-20-10-15-7-8-26-22-15/h5-9,11,20H,4,10,12H2,1-3H3. The first-order chi connectivity index (χ1) is 12.6. The zero-order valence-corrected chi connectivity index (χ0v) is 15.2. The van der Waals surface area contributed by atoms with Crippen molar-refractivity contribution in [2.24, 2.45) is 0 Å². The second kappa shape index (κ2) is 7.97. The van der Waals surface area contributed by atoms with E-state index in [1.165, 1.54) is 6.26 Å². The van der Waals surface area contributed by atoms with Crippen LogP contribution in [0.2, 0.25) is 0 Å². The van der Waals surface area contributed by atoms with E-state index in [1.54, 1.807) is 23.9 Å². The van der Waals surface area contributed by atoms with Gasteiger partial charge in [0.1, 0.15) is 11.8 Å². The Balaban J connectivity index is 1.93. The third kappa shape index (κ3) is 3.83. The molecule has 26 heavy (non-hydrogen) atoms. The monoisotopic (exact) mass is 354 g/mol. The van der Waals surface area contributed by atoms with Crippen molar-refractivity contribution in [1.29, 1.82) is 0 Å². The average molecular weight is 354 g/mol. The minimum Gasteiger partial charge on any atom is -0.462 e. The van der Waals surface area contributed by atoms with Crippen molar-refractivity contribution in [3.8, 4) is 5.69 Å². The van der Waals surface area contributed by atoms with Crippen LogP contribution >= 0.6 is 0 Å². The van der Waals surface area contributed by atoms with Crippen LogP contribution in [0.1, 0.15) is 39.8 Å². The molecule has 0 unspecified atom stereocenters. The molecule has 1 aromatic carbocycles. The fraction of sp³-hybridized carbons (Fsp3) is 0.316. The van der Waals surface area contributed by atoms with E-state index in [4.69, 9.17) is 9.26 Å². The van der Waals surface area contributed by atoms with Crippen LogP contribution in [0.5, 0.6) is 0 Å². The summed E-state index contributed by atoms with van der Waals surface area (Å²) in [5.74, 6) is -0.373. The fourth-order valence-corrected chi connectivity index (χ4v) is 2.72. The van der Waals surface area contributed by atoms with Crippen LogP contribution in [0.15, 0.2) is 41.2 Å². The molecule has 0 saturated heterocycles. The first kappa shape index (κ1) is 17.9. The molecule has 0 saturated carbocycles. The molecular formula is C19H22N4O3. The lowest BCUT2D eigenvalue weighted by molar-refractivity contribution is 0.0525. The number of esters is 1. The van der Waals surface area contributed by atoms with Crippen molar-refractivity contribution in [1.82, 2.24) is 20.3 Å². The summed E-state index contributed by atoms with van der Waals surface area (Å²) in [6, 6.07) is 7.94. The van der Waals surface area contributed by atoms with Crippen LogP contribution in [0.3, 0.4) is 0 Å². The Kier molecular flexibility index (Phi) is 5.48. The maximum Gasteiger partial charge on any atom is 0.341 e. The Bertz CT molecular complexity index is 884. The van der Waals surface area contributed by atoms with Crippen LogP contribution in [-0.4, -0.2) is 27.5 Å². The normalized spacial score (nSPS) is 10.9. The zero-order valence-electron chi connectivity index (χ0n) is 15.2. The van der Waals surface area contributed by atoms with E-state index in [-0.39, 0.29) is 5.97 Å². The molecule has 1 N–H and O–H groups in total. The molecule has 0 aliphatic rings. The lowest BCUT2D eigenvalue weighted by atomic mass is 10.1. The molecule has 0 fully saturated rings. The number of rotatable bonds is 7. The Morgan fingerprint density at radius 2 is 2.12 bits per heavy atom. The number of carbonyl (C=O) groups is 1. The summed E-state index contributed by atoms with van der Waals surface area (Å²) in [5, 5.41) is 11.6. The van der Waals surface area contributed by atoms with Gasteiger partial charge in [-0.3, -0.25) is 0 Å². The van der Waals surface area contributed by atoms with E-state index >= 15 is 0 Å². The largest absolute Gasteiger partial charge is 0.462 e. The molecule has 7 heteroatoms. The quantitative estimate of drug-likeness (QED) is 0.657. The summed E-state index contributed by atoms with van der Waals surface area (Å²) >= 11 is 0. The number of nitrogens with one attached hydrogen (secondary N) is 1. The van der Waals surface area contributed by atoms with Gasteiger partial charge >= 0.3 is 5.97 Å². The minimum atomic E-state index is -0.373. The van der Waals surface area contributed by atoms with Crippen molar-refractivity contribution in [2.45, 2.75) is 33.9 Å². The molecular weight excluding hydrogens is 332 g/mol. The van der Waals surface area contributed by atoms with Crippen LogP contribution in [0, 0.1) is 13.8 Å². The Labute approximate surface area is 151 Å². The first-order valence-electron chi connectivity index (χ1n) is 8.51. The number of benzene rings is 1. The van der Waals surface area contributed by atoms with Crippen LogP contribution in [0.4, 0.5) is 0 Å². The Morgan fingerprint density at radius 3 is 2.85 bits per heavy atom. The van der Waals surface area contributed by atoms with Gasteiger partial charge in [0.05, 0.1) is 29.9 Å². The molecule has 0 atom stereocenters. The van der Waals surface area contributed by atoms with E-state index in [9.17, 15) is 4.79 Å². The number of nitrogens with zero attached hydrogens (tertiary/aromatic N) is 3. The van der Waals surface area contributed by atoms with Gasteiger partial charge in [-0.25, -0.2) is 9.48 Å². The van der Waals surface area contributed by atoms with E-state index in [1.807, 2.05) is 19.9 Å². The molecule has 0 aliphatic heterocycles. The van der Waals surface area contributed by atoms with Crippen LogP contribution in [-0.2, 0) is 17.8 Å². The molecule has 136 valence electrons. The van der Waals surface area contributed by atoms with Gasteiger partial charge in [0.25, 0.3) is 0 Å². The average Bonchev–Trinajstić information content (AvgIpc) is 3.27. The minimum absolute atomic E-state index is 0.319. The molecule has 0 aliphatic carbocycles. The van der Waals surface area contributed by atoms with E-state index < -0.39 is 0 Å². The van der Waals surface area contributed by atoms with E-state index in [0.717, 1.165) is 28.2 Å². The molecule has 0 amide bonds. The summed E-state index contributed by atoms with van der Waals surface area (Å²) < 4.78 is 11.8.